The van der Waals surface area contributed by atoms with Gasteiger partial charge >= 0.3 is 0 Å². The number of rotatable bonds is 7. The van der Waals surface area contributed by atoms with Crippen LogP contribution < -0.4 is 5.32 Å². The molecule has 158 valence electrons. The molecule has 0 aliphatic rings. The predicted molar refractivity (Wildman–Crippen MR) is 122 cm³/mol. The minimum Gasteiger partial charge on any atom is -0.301 e. The SMILES string of the molecule is CCc1nc(NC(=O)CSc2nnc(-c3ccc(F)cc3)n2-c2ccccc2)sc1C. The van der Waals surface area contributed by atoms with Gasteiger partial charge in [0.05, 0.1) is 11.4 Å². The first-order valence-corrected chi connectivity index (χ1v) is 11.5. The van der Waals surface area contributed by atoms with E-state index in [1.54, 1.807) is 12.1 Å². The molecular formula is C22H20FN5OS2. The van der Waals surface area contributed by atoms with Gasteiger partial charge in [-0.25, -0.2) is 9.37 Å². The maximum absolute atomic E-state index is 13.4. The Kier molecular flexibility index (Phi) is 6.43. The number of nitrogens with zero attached hydrogens (tertiary/aromatic N) is 4. The van der Waals surface area contributed by atoms with Crippen LogP contribution in [-0.2, 0) is 11.2 Å². The number of amides is 1. The molecule has 4 rings (SSSR count). The maximum Gasteiger partial charge on any atom is 0.236 e. The molecule has 0 fully saturated rings. The van der Waals surface area contributed by atoms with Crippen LogP contribution in [0.15, 0.2) is 59.8 Å². The molecule has 2 heterocycles. The molecule has 0 atom stereocenters. The maximum atomic E-state index is 13.4. The summed E-state index contributed by atoms with van der Waals surface area (Å²) in [6.07, 6.45) is 0.833. The normalized spacial score (nSPS) is 10.9. The number of halogens is 1. The summed E-state index contributed by atoms with van der Waals surface area (Å²) >= 11 is 2.76. The fourth-order valence-corrected chi connectivity index (χ4v) is 4.72. The average Bonchev–Trinajstić information content (AvgIpc) is 3.36. The molecule has 0 radical (unpaired) electrons. The van der Waals surface area contributed by atoms with E-state index in [2.05, 4.69) is 20.5 Å². The third-order valence-electron chi connectivity index (χ3n) is 4.56. The largest absolute Gasteiger partial charge is 0.301 e. The van der Waals surface area contributed by atoms with Crippen molar-refractivity contribution in [1.29, 1.82) is 0 Å². The molecule has 0 saturated carbocycles. The van der Waals surface area contributed by atoms with Gasteiger partial charge in [0.1, 0.15) is 5.82 Å². The van der Waals surface area contributed by atoms with Gasteiger partial charge in [0.25, 0.3) is 0 Å². The summed E-state index contributed by atoms with van der Waals surface area (Å²) in [7, 11) is 0. The van der Waals surface area contributed by atoms with E-state index >= 15 is 0 Å². The number of anilines is 1. The van der Waals surface area contributed by atoms with Crippen LogP contribution in [0.25, 0.3) is 17.1 Å². The summed E-state index contributed by atoms with van der Waals surface area (Å²) in [5, 5.41) is 12.6. The molecule has 0 bridgehead atoms. The van der Waals surface area contributed by atoms with Crippen LogP contribution in [0.4, 0.5) is 9.52 Å². The van der Waals surface area contributed by atoms with E-state index in [1.807, 2.05) is 48.7 Å². The monoisotopic (exact) mass is 453 g/mol. The molecule has 4 aromatic rings. The number of thioether (sulfide) groups is 1. The van der Waals surface area contributed by atoms with Gasteiger partial charge in [-0.3, -0.25) is 9.36 Å². The van der Waals surface area contributed by atoms with Crippen molar-refractivity contribution >= 4 is 34.1 Å². The van der Waals surface area contributed by atoms with Crippen molar-refractivity contribution in [3.63, 3.8) is 0 Å². The van der Waals surface area contributed by atoms with Crippen LogP contribution in [0.3, 0.4) is 0 Å². The van der Waals surface area contributed by atoms with Crippen molar-refractivity contribution in [2.45, 2.75) is 25.4 Å². The first-order valence-electron chi connectivity index (χ1n) is 9.71. The third-order valence-corrected chi connectivity index (χ3v) is 6.41. The second-order valence-electron chi connectivity index (χ2n) is 6.70. The lowest BCUT2D eigenvalue weighted by molar-refractivity contribution is -0.113. The summed E-state index contributed by atoms with van der Waals surface area (Å²) in [6, 6.07) is 15.7. The molecule has 0 aliphatic heterocycles. The van der Waals surface area contributed by atoms with Gasteiger partial charge < -0.3 is 5.32 Å². The third kappa shape index (κ3) is 4.83. The lowest BCUT2D eigenvalue weighted by Crippen LogP contribution is -2.14. The van der Waals surface area contributed by atoms with E-state index in [0.717, 1.165) is 28.2 Å². The number of aromatic nitrogens is 4. The van der Waals surface area contributed by atoms with Gasteiger partial charge in [0.15, 0.2) is 16.1 Å². The Labute approximate surface area is 187 Å². The highest BCUT2D eigenvalue weighted by atomic mass is 32.2. The minimum atomic E-state index is -0.315. The Balaban J connectivity index is 1.56. The zero-order valence-corrected chi connectivity index (χ0v) is 18.6. The van der Waals surface area contributed by atoms with Gasteiger partial charge in [0, 0.05) is 16.1 Å². The lowest BCUT2D eigenvalue weighted by Gasteiger charge is -2.10. The Bertz CT molecular complexity index is 1190. The molecule has 0 unspecified atom stereocenters. The van der Waals surface area contributed by atoms with Crippen molar-refractivity contribution in [2.24, 2.45) is 0 Å². The van der Waals surface area contributed by atoms with E-state index in [-0.39, 0.29) is 17.5 Å². The second kappa shape index (κ2) is 9.40. The molecule has 2 aromatic heterocycles. The highest BCUT2D eigenvalue weighted by molar-refractivity contribution is 7.99. The molecule has 0 spiro atoms. The smallest absolute Gasteiger partial charge is 0.236 e. The second-order valence-corrected chi connectivity index (χ2v) is 8.84. The summed E-state index contributed by atoms with van der Waals surface area (Å²) in [5.74, 6) is 0.267. The van der Waals surface area contributed by atoms with E-state index < -0.39 is 0 Å². The highest BCUT2D eigenvalue weighted by Crippen LogP contribution is 2.28. The number of aryl methyl sites for hydroxylation is 2. The number of carbonyl (C=O) groups is 1. The van der Waals surface area contributed by atoms with Crippen LogP contribution in [-0.4, -0.2) is 31.4 Å². The molecule has 1 N–H and O–H groups in total. The first kappa shape index (κ1) is 21.2. The van der Waals surface area contributed by atoms with Gasteiger partial charge in [-0.05, 0) is 49.7 Å². The number of benzene rings is 2. The average molecular weight is 454 g/mol. The predicted octanol–water partition coefficient (Wildman–Crippen LogP) is 5.13. The van der Waals surface area contributed by atoms with Crippen LogP contribution in [0, 0.1) is 12.7 Å². The van der Waals surface area contributed by atoms with Crippen LogP contribution in [0.1, 0.15) is 17.5 Å². The summed E-state index contributed by atoms with van der Waals surface area (Å²) in [6.45, 7) is 4.04. The number of hydrogen-bond donors (Lipinski definition) is 1. The number of carbonyl (C=O) groups excluding carboxylic acids is 1. The topological polar surface area (TPSA) is 72.7 Å². The first-order chi connectivity index (χ1) is 15.0. The van der Waals surface area contributed by atoms with Gasteiger partial charge in [-0.15, -0.1) is 21.5 Å². The quantitative estimate of drug-likeness (QED) is 0.393. The summed E-state index contributed by atoms with van der Waals surface area (Å²) in [4.78, 5) is 18.1. The lowest BCUT2D eigenvalue weighted by atomic mass is 10.2. The van der Waals surface area contributed by atoms with Gasteiger partial charge in [-0.1, -0.05) is 36.9 Å². The molecular weight excluding hydrogens is 433 g/mol. The number of thiazole rings is 1. The molecule has 2 aromatic carbocycles. The Morgan fingerprint density at radius 2 is 1.87 bits per heavy atom. The molecule has 0 saturated heterocycles. The van der Waals surface area contributed by atoms with Gasteiger partial charge in [-0.2, -0.15) is 0 Å². The van der Waals surface area contributed by atoms with Crippen molar-refractivity contribution in [3.8, 4) is 17.1 Å². The molecule has 1 amide bonds. The molecule has 31 heavy (non-hydrogen) atoms. The zero-order chi connectivity index (χ0) is 21.8. The fraction of sp³-hybridized carbons (Fsp3) is 0.182. The number of para-hydroxylation sites is 1. The van der Waals surface area contributed by atoms with Crippen LogP contribution in [0.2, 0.25) is 0 Å². The van der Waals surface area contributed by atoms with E-state index in [9.17, 15) is 9.18 Å². The minimum absolute atomic E-state index is 0.160. The van der Waals surface area contributed by atoms with Crippen LogP contribution >= 0.6 is 23.1 Å². The van der Waals surface area contributed by atoms with Crippen LogP contribution in [0.5, 0.6) is 0 Å². The molecule has 9 heteroatoms. The highest BCUT2D eigenvalue weighted by Gasteiger charge is 2.18. The van der Waals surface area contributed by atoms with E-state index in [4.69, 9.17) is 0 Å². The Morgan fingerprint density at radius 1 is 1.13 bits per heavy atom. The van der Waals surface area contributed by atoms with Crippen molar-refractivity contribution in [3.05, 3.63) is 71.0 Å². The molecule has 0 aliphatic carbocycles. The Hall–Kier alpha value is -3.04. The fourth-order valence-electron chi connectivity index (χ4n) is 3.05. The molecule has 6 nitrogen and oxygen atoms in total. The zero-order valence-electron chi connectivity index (χ0n) is 17.0. The van der Waals surface area contributed by atoms with Crippen molar-refractivity contribution < 1.29 is 9.18 Å². The summed E-state index contributed by atoms with van der Waals surface area (Å²) in [5.41, 5.74) is 2.60. The Morgan fingerprint density at radius 3 is 2.55 bits per heavy atom. The van der Waals surface area contributed by atoms with Crippen molar-refractivity contribution in [1.82, 2.24) is 19.7 Å². The standard InChI is InChI=1S/C22H20FN5OS2/c1-3-18-14(2)31-21(24-18)25-19(29)13-30-22-27-26-20(15-9-11-16(23)12-10-15)28(22)17-7-5-4-6-8-17/h4-12H,3,13H2,1-2H3,(H,24,25,29). The van der Waals surface area contributed by atoms with E-state index in [0.29, 0.717) is 16.1 Å². The number of nitrogens with one attached hydrogen (secondary N) is 1. The number of hydrogen-bond acceptors (Lipinski definition) is 6. The van der Waals surface area contributed by atoms with Crippen molar-refractivity contribution in [2.75, 3.05) is 11.1 Å². The van der Waals surface area contributed by atoms with Gasteiger partial charge in [0.2, 0.25) is 5.91 Å². The summed E-state index contributed by atoms with van der Waals surface area (Å²) < 4.78 is 15.2. The van der Waals surface area contributed by atoms with E-state index in [1.165, 1.54) is 35.2 Å².